The molecular formula is C17H16O4. The van der Waals surface area contributed by atoms with E-state index in [1.54, 1.807) is 24.3 Å². The van der Waals surface area contributed by atoms with Gasteiger partial charge in [-0.1, -0.05) is 30.3 Å². The van der Waals surface area contributed by atoms with Gasteiger partial charge in [-0.15, -0.1) is 0 Å². The fourth-order valence-electron chi connectivity index (χ4n) is 2.01. The summed E-state index contributed by atoms with van der Waals surface area (Å²) in [5.41, 5.74) is 0.924. The fraction of sp³-hybridized carbons (Fsp3) is 0.176. The second-order valence-electron chi connectivity index (χ2n) is 4.82. The van der Waals surface area contributed by atoms with Gasteiger partial charge in [0.25, 0.3) is 0 Å². The van der Waals surface area contributed by atoms with E-state index < -0.39 is 6.10 Å². The maximum Gasteiger partial charge on any atom is 0.165 e. The van der Waals surface area contributed by atoms with Crippen molar-refractivity contribution < 1.29 is 19.8 Å². The normalized spacial score (nSPS) is 11.9. The molecule has 2 aromatic rings. The molecule has 0 saturated carbocycles. The molecule has 0 aliphatic rings. The molecule has 2 aromatic carbocycles. The van der Waals surface area contributed by atoms with Crippen LogP contribution in [-0.2, 0) is 0 Å². The number of phenolic OH excluding ortho intramolecular Hbond substituents is 1. The minimum Gasteiger partial charge on any atom is -0.508 e. The Morgan fingerprint density at radius 1 is 0.810 bits per heavy atom. The highest BCUT2D eigenvalue weighted by atomic mass is 16.3. The number of aliphatic hydroxyl groups is 1. The number of rotatable bonds is 6. The number of carbonyl (C=O) groups excluding carboxylic acids is 2. The first-order valence-electron chi connectivity index (χ1n) is 6.65. The summed E-state index contributed by atoms with van der Waals surface area (Å²) < 4.78 is 0. The lowest BCUT2D eigenvalue weighted by molar-refractivity contribution is 0.0797. The molecule has 108 valence electrons. The van der Waals surface area contributed by atoms with E-state index in [4.69, 9.17) is 5.11 Å². The number of hydrogen-bond acceptors (Lipinski definition) is 4. The number of hydrogen-bond donors (Lipinski definition) is 2. The number of aliphatic hydroxyl groups excluding tert-OH is 1. The van der Waals surface area contributed by atoms with Crippen LogP contribution in [0.15, 0.2) is 54.6 Å². The Labute approximate surface area is 122 Å². The molecule has 0 bridgehead atoms. The molecule has 1 atom stereocenters. The number of carbonyl (C=O) groups is 2. The zero-order chi connectivity index (χ0) is 15.2. The maximum atomic E-state index is 11.9. The summed E-state index contributed by atoms with van der Waals surface area (Å²) in [6, 6.07) is 14.5. The van der Waals surface area contributed by atoms with E-state index in [2.05, 4.69) is 0 Å². The van der Waals surface area contributed by atoms with Crippen molar-refractivity contribution in [2.45, 2.75) is 18.9 Å². The quantitative estimate of drug-likeness (QED) is 0.800. The van der Waals surface area contributed by atoms with Crippen molar-refractivity contribution in [2.24, 2.45) is 0 Å². The van der Waals surface area contributed by atoms with Crippen LogP contribution >= 0.6 is 0 Å². The van der Waals surface area contributed by atoms with Crippen LogP contribution in [0.1, 0.15) is 33.6 Å². The Morgan fingerprint density at radius 2 is 1.29 bits per heavy atom. The Bertz CT molecular complexity index is 617. The lowest BCUT2D eigenvalue weighted by atomic mass is 9.99. The first-order valence-corrected chi connectivity index (χ1v) is 6.65. The topological polar surface area (TPSA) is 74.6 Å². The number of Topliss-reactive ketones (excluding diaryl/α,β-unsaturated/α-hetero) is 2. The summed E-state index contributed by atoms with van der Waals surface area (Å²) >= 11 is 0. The Morgan fingerprint density at radius 3 is 1.81 bits per heavy atom. The fourth-order valence-corrected chi connectivity index (χ4v) is 2.01. The standard InChI is InChI=1S/C17H16O4/c18-14-8-6-13(7-9-14)17(21)11-15(19)10-16(20)12-4-2-1-3-5-12/h1-9,15,18-19H,10-11H2/t15-/m1/s1. The molecule has 0 saturated heterocycles. The van der Waals surface area contributed by atoms with E-state index in [9.17, 15) is 14.7 Å². The van der Waals surface area contributed by atoms with Crippen molar-refractivity contribution in [2.75, 3.05) is 0 Å². The average Bonchev–Trinajstić information content (AvgIpc) is 2.48. The largest absolute Gasteiger partial charge is 0.508 e. The van der Waals surface area contributed by atoms with Gasteiger partial charge in [0.2, 0.25) is 0 Å². The van der Waals surface area contributed by atoms with Gasteiger partial charge >= 0.3 is 0 Å². The van der Waals surface area contributed by atoms with E-state index in [1.807, 2.05) is 6.07 Å². The monoisotopic (exact) mass is 284 g/mol. The highest BCUT2D eigenvalue weighted by Crippen LogP contribution is 2.14. The van der Waals surface area contributed by atoms with Gasteiger partial charge in [-0.2, -0.15) is 0 Å². The highest BCUT2D eigenvalue weighted by molar-refractivity contribution is 5.99. The predicted molar refractivity (Wildman–Crippen MR) is 78.5 cm³/mol. The van der Waals surface area contributed by atoms with Gasteiger partial charge in [0.1, 0.15) is 5.75 Å². The van der Waals surface area contributed by atoms with Gasteiger partial charge in [-0.05, 0) is 24.3 Å². The lowest BCUT2D eigenvalue weighted by Crippen LogP contribution is -2.18. The molecule has 0 aromatic heterocycles. The van der Waals surface area contributed by atoms with E-state index in [1.165, 1.54) is 24.3 Å². The molecule has 0 aliphatic heterocycles. The van der Waals surface area contributed by atoms with Crippen molar-refractivity contribution >= 4 is 11.6 Å². The molecule has 0 amide bonds. The lowest BCUT2D eigenvalue weighted by Gasteiger charge is -2.09. The average molecular weight is 284 g/mol. The van der Waals surface area contributed by atoms with Crippen LogP contribution in [0.2, 0.25) is 0 Å². The van der Waals surface area contributed by atoms with Crippen LogP contribution in [0.4, 0.5) is 0 Å². The van der Waals surface area contributed by atoms with E-state index in [-0.39, 0.29) is 30.2 Å². The SMILES string of the molecule is O=C(C[C@@H](O)CC(=O)c1ccc(O)cc1)c1ccccc1. The molecule has 0 unspecified atom stereocenters. The zero-order valence-corrected chi connectivity index (χ0v) is 11.4. The van der Waals surface area contributed by atoms with Gasteiger partial charge in [-0.3, -0.25) is 9.59 Å². The molecule has 0 aliphatic carbocycles. The van der Waals surface area contributed by atoms with Gasteiger partial charge in [-0.25, -0.2) is 0 Å². The molecule has 0 fully saturated rings. The van der Waals surface area contributed by atoms with E-state index in [0.717, 1.165) is 0 Å². The van der Waals surface area contributed by atoms with Gasteiger partial charge < -0.3 is 10.2 Å². The number of ketones is 2. The van der Waals surface area contributed by atoms with Gasteiger partial charge in [0, 0.05) is 24.0 Å². The summed E-state index contributed by atoms with van der Waals surface area (Å²) in [5, 5.41) is 19.0. The molecule has 2 rings (SSSR count). The third-order valence-electron chi connectivity index (χ3n) is 3.13. The summed E-state index contributed by atoms with van der Waals surface area (Å²) in [7, 11) is 0. The molecule has 4 nitrogen and oxygen atoms in total. The van der Waals surface area contributed by atoms with Crippen molar-refractivity contribution in [1.82, 2.24) is 0 Å². The number of aromatic hydroxyl groups is 1. The number of phenols is 1. The van der Waals surface area contributed by atoms with Crippen LogP contribution in [0, 0.1) is 0 Å². The van der Waals surface area contributed by atoms with Crippen LogP contribution in [0.3, 0.4) is 0 Å². The van der Waals surface area contributed by atoms with Crippen molar-refractivity contribution in [3.05, 3.63) is 65.7 Å². The van der Waals surface area contributed by atoms with Crippen molar-refractivity contribution in [1.29, 1.82) is 0 Å². The molecule has 0 radical (unpaired) electrons. The van der Waals surface area contributed by atoms with Crippen LogP contribution < -0.4 is 0 Å². The summed E-state index contributed by atoms with van der Waals surface area (Å²) in [6.07, 6.45) is -1.23. The smallest absolute Gasteiger partial charge is 0.165 e. The summed E-state index contributed by atoms with van der Waals surface area (Å²) in [5.74, 6) is -0.378. The van der Waals surface area contributed by atoms with E-state index in [0.29, 0.717) is 11.1 Å². The van der Waals surface area contributed by atoms with Crippen LogP contribution in [0.5, 0.6) is 5.75 Å². The molecule has 2 N–H and O–H groups in total. The first-order chi connectivity index (χ1) is 10.1. The molecule has 0 heterocycles. The first kappa shape index (κ1) is 14.9. The Kier molecular flexibility index (Phi) is 4.85. The summed E-state index contributed by atoms with van der Waals surface area (Å²) in [6.45, 7) is 0. The van der Waals surface area contributed by atoms with Crippen molar-refractivity contribution in [3.8, 4) is 5.75 Å². The zero-order valence-electron chi connectivity index (χ0n) is 11.4. The highest BCUT2D eigenvalue weighted by Gasteiger charge is 2.17. The molecule has 21 heavy (non-hydrogen) atoms. The van der Waals surface area contributed by atoms with Gasteiger partial charge in [0.05, 0.1) is 6.10 Å². The minimum atomic E-state index is -1.01. The number of benzene rings is 2. The Balaban J connectivity index is 1.92. The molecular weight excluding hydrogens is 268 g/mol. The molecule has 4 heteroatoms. The van der Waals surface area contributed by atoms with Crippen LogP contribution in [0.25, 0.3) is 0 Å². The van der Waals surface area contributed by atoms with Crippen molar-refractivity contribution in [3.63, 3.8) is 0 Å². The predicted octanol–water partition coefficient (Wildman–Crippen LogP) is 2.60. The second kappa shape index (κ2) is 6.81. The Hall–Kier alpha value is -2.46. The maximum absolute atomic E-state index is 11.9. The third kappa shape index (κ3) is 4.26. The summed E-state index contributed by atoms with van der Waals surface area (Å²) in [4.78, 5) is 23.8. The second-order valence-corrected chi connectivity index (χ2v) is 4.82. The van der Waals surface area contributed by atoms with Crippen LogP contribution in [-0.4, -0.2) is 27.9 Å². The van der Waals surface area contributed by atoms with E-state index >= 15 is 0 Å². The third-order valence-corrected chi connectivity index (χ3v) is 3.13. The molecule has 0 spiro atoms. The van der Waals surface area contributed by atoms with Gasteiger partial charge in [0.15, 0.2) is 11.6 Å². The minimum absolute atomic E-state index is 0.0753.